The highest BCUT2D eigenvalue weighted by Crippen LogP contribution is 2.34. The van der Waals surface area contributed by atoms with Crippen molar-refractivity contribution in [3.05, 3.63) is 40.4 Å². The summed E-state index contributed by atoms with van der Waals surface area (Å²) in [6.07, 6.45) is 0.833. The number of fused-ring (bicyclic) bond motifs is 1. The molecule has 8 heteroatoms. The van der Waals surface area contributed by atoms with Gasteiger partial charge in [0.25, 0.3) is 11.5 Å². The molecule has 2 aromatic heterocycles. The highest BCUT2D eigenvalue weighted by atomic mass is 16.5. The van der Waals surface area contributed by atoms with Crippen molar-refractivity contribution in [3.63, 3.8) is 0 Å². The van der Waals surface area contributed by atoms with Crippen LogP contribution in [0.4, 0.5) is 0 Å². The van der Waals surface area contributed by atoms with E-state index < -0.39 is 0 Å². The maximum Gasteiger partial charge on any atom is 0.289 e. The minimum Gasteiger partial charge on any atom is -0.493 e. The van der Waals surface area contributed by atoms with Gasteiger partial charge in [0.1, 0.15) is 5.69 Å². The van der Waals surface area contributed by atoms with E-state index in [1.54, 1.807) is 44.4 Å². The van der Waals surface area contributed by atoms with Crippen molar-refractivity contribution in [2.75, 3.05) is 27.3 Å². The molecule has 154 valence electrons. The number of carbonyl (C=O) groups is 1. The van der Waals surface area contributed by atoms with E-state index in [9.17, 15) is 9.59 Å². The Morgan fingerprint density at radius 1 is 1.17 bits per heavy atom. The Labute approximate surface area is 168 Å². The standard InChI is InChI=1S/C21H25N3O5/c1-6-10-24(7-2)21(26)17-12-14-19(29-17)18(22-23(3)20(14)25)13-8-9-15(27-4)16(11-13)28-5/h8-9,11-12H,6-7,10H2,1-5H3. The Morgan fingerprint density at radius 2 is 1.90 bits per heavy atom. The molecule has 0 unspecified atom stereocenters. The molecule has 0 saturated carbocycles. The normalized spacial score (nSPS) is 10.9. The second-order valence-corrected chi connectivity index (χ2v) is 6.59. The molecule has 3 rings (SSSR count). The van der Waals surface area contributed by atoms with E-state index in [4.69, 9.17) is 13.9 Å². The van der Waals surface area contributed by atoms with Crippen molar-refractivity contribution in [1.29, 1.82) is 0 Å². The maximum absolute atomic E-state index is 12.8. The number of benzene rings is 1. The van der Waals surface area contributed by atoms with E-state index in [0.717, 1.165) is 6.42 Å². The molecule has 0 fully saturated rings. The maximum atomic E-state index is 12.8. The van der Waals surface area contributed by atoms with E-state index in [1.165, 1.54) is 10.7 Å². The first-order chi connectivity index (χ1) is 13.9. The summed E-state index contributed by atoms with van der Waals surface area (Å²) in [6, 6.07) is 6.81. The fraction of sp³-hybridized carbons (Fsp3) is 0.381. The predicted molar refractivity (Wildman–Crippen MR) is 110 cm³/mol. The number of aryl methyl sites for hydroxylation is 1. The number of hydrogen-bond donors (Lipinski definition) is 0. The Bertz CT molecular complexity index is 1100. The van der Waals surface area contributed by atoms with Crippen LogP contribution in [0.1, 0.15) is 30.8 Å². The Morgan fingerprint density at radius 3 is 2.52 bits per heavy atom. The number of hydrogen-bond acceptors (Lipinski definition) is 6. The minimum atomic E-state index is -0.328. The van der Waals surface area contributed by atoms with E-state index >= 15 is 0 Å². The molecule has 8 nitrogen and oxygen atoms in total. The lowest BCUT2D eigenvalue weighted by Crippen LogP contribution is -2.31. The summed E-state index contributed by atoms with van der Waals surface area (Å²) in [4.78, 5) is 27.1. The van der Waals surface area contributed by atoms with E-state index in [2.05, 4.69) is 5.10 Å². The van der Waals surface area contributed by atoms with Gasteiger partial charge in [0.2, 0.25) is 0 Å². The third kappa shape index (κ3) is 3.70. The number of ether oxygens (including phenoxy) is 2. The summed E-state index contributed by atoms with van der Waals surface area (Å²) in [5.74, 6) is 0.982. The second-order valence-electron chi connectivity index (χ2n) is 6.59. The molecule has 0 atom stereocenters. The first kappa shape index (κ1) is 20.4. The lowest BCUT2D eigenvalue weighted by Gasteiger charge is -2.18. The van der Waals surface area contributed by atoms with Crippen molar-refractivity contribution >= 4 is 16.9 Å². The van der Waals surface area contributed by atoms with Crippen molar-refractivity contribution in [2.24, 2.45) is 7.05 Å². The molecule has 0 aliphatic heterocycles. The van der Waals surface area contributed by atoms with Crippen LogP contribution in [0, 0.1) is 0 Å². The average molecular weight is 399 g/mol. The van der Waals surface area contributed by atoms with Crippen LogP contribution in [0.15, 0.2) is 33.5 Å². The monoisotopic (exact) mass is 399 g/mol. The van der Waals surface area contributed by atoms with Crippen molar-refractivity contribution < 1.29 is 18.7 Å². The zero-order valence-corrected chi connectivity index (χ0v) is 17.3. The molecule has 1 aromatic carbocycles. The van der Waals surface area contributed by atoms with Gasteiger partial charge in [-0.3, -0.25) is 9.59 Å². The third-order valence-electron chi connectivity index (χ3n) is 4.75. The molecule has 0 aliphatic rings. The smallest absolute Gasteiger partial charge is 0.289 e. The van der Waals surface area contributed by atoms with Crippen molar-refractivity contribution in [2.45, 2.75) is 20.3 Å². The van der Waals surface area contributed by atoms with Gasteiger partial charge in [0.15, 0.2) is 22.8 Å². The molecule has 3 aromatic rings. The number of nitrogens with zero attached hydrogens (tertiary/aromatic N) is 3. The van der Waals surface area contributed by atoms with Crippen LogP contribution in [0.3, 0.4) is 0 Å². The molecule has 0 radical (unpaired) electrons. The van der Waals surface area contributed by atoms with Gasteiger partial charge in [-0.15, -0.1) is 0 Å². The first-order valence-electron chi connectivity index (χ1n) is 9.47. The van der Waals surface area contributed by atoms with Crippen LogP contribution in [-0.2, 0) is 7.05 Å². The number of methoxy groups -OCH3 is 2. The van der Waals surface area contributed by atoms with E-state index in [1.807, 2.05) is 13.8 Å². The lowest BCUT2D eigenvalue weighted by atomic mass is 10.1. The fourth-order valence-electron chi connectivity index (χ4n) is 3.25. The van der Waals surface area contributed by atoms with Crippen LogP contribution in [0.5, 0.6) is 11.5 Å². The summed E-state index contributed by atoms with van der Waals surface area (Å²) >= 11 is 0. The summed E-state index contributed by atoms with van der Waals surface area (Å²) in [7, 11) is 4.67. The summed E-state index contributed by atoms with van der Waals surface area (Å²) in [5.41, 5.74) is 1.07. The molecule has 0 bridgehead atoms. The molecular weight excluding hydrogens is 374 g/mol. The van der Waals surface area contributed by atoms with Crippen LogP contribution < -0.4 is 15.0 Å². The fourth-order valence-corrected chi connectivity index (χ4v) is 3.25. The number of furan rings is 1. The average Bonchev–Trinajstić information content (AvgIpc) is 3.19. The number of rotatable bonds is 7. The van der Waals surface area contributed by atoms with Gasteiger partial charge in [-0.2, -0.15) is 5.10 Å². The Kier molecular flexibility index (Phi) is 5.91. The van der Waals surface area contributed by atoms with Gasteiger partial charge in [-0.25, -0.2) is 4.68 Å². The summed E-state index contributed by atoms with van der Waals surface area (Å²) < 4.78 is 17.8. The summed E-state index contributed by atoms with van der Waals surface area (Å²) in [6.45, 7) is 5.09. The molecular formula is C21H25N3O5. The molecule has 0 spiro atoms. The van der Waals surface area contributed by atoms with Crippen LogP contribution in [-0.4, -0.2) is 47.9 Å². The van der Waals surface area contributed by atoms with Crippen molar-refractivity contribution in [3.8, 4) is 22.8 Å². The minimum absolute atomic E-state index is 0.127. The Balaban J connectivity index is 2.19. The van der Waals surface area contributed by atoms with Gasteiger partial charge in [0.05, 0.1) is 19.6 Å². The van der Waals surface area contributed by atoms with Gasteiger partial charge in [-0.1, -0.05) is 6.92 Å². The molecule has 29 heavy (non-hydrogen) atoms. The number of amides is 1. The second kappa shape index (κ2) is 8.38. The van der Waals surface area contributed by atoms with Gasteiger partial charge in [0, 0.05) is 31.8 Å². The molecule has 1 amide bonds. The topological polar surface area (TPSA) is 86.8 Å². The molecule has 0 N–H and O–H groups in total. The van der Waals surface area contributed by atoms with Crippen LogP contribution in [0.2, 0.25) is 0 Å². The quantitative estimate of drug-likeness (QED) is 0.607. The number of carbonyl (C=O) groups excluding carboxylic acids is 1. The molecule has 0 saturated heterocycles. The molecule has 0 aliphatic carbocycles. The van der Waals surface area contributed by atoms with Gasteiger partial charge in [-0.05, 0) is 31.5 Å². The first-order valence-corrected chi connectivity index (χ1v) is 9.47. The highest BCUT2D eigenvalue weighted by molar-refractivity contribution is 5.98. The van der Waals surface area contributed by atoms with Gasteiger partial charge < -0.3 is 18.8 Å². The van der Waals surface area contributed by atoms with E-state index in [-0.39, 0.29) is 22.8 Å². The largest absolute Gasteiger partial charge is 0.493 e. The van der Waals surface area contributed by atoms with E-state index in [0.29, 0.717) is 41.2 Å². The summed E-state index contributed by atoms with van der Waals surface area (Å²) in [5, 5.41) is 4.67. The van der Waals surface area contributed by atoms with Crippen molar-refractivity contribution in [1.82, 2.24) is 14.7 Å². The van der Waals surface area contributed by atoms with Crippen LogP contribution >= 0.6 is 0 Å². The number of aromatic nitrogens is 2. The predicted octanol–water partition coefficient (Wildman–Crippen LogP) is 3.08. The zero-order chi connectivity index (χ0) is 21.1. The molecule has 2 heterocycles. The third-order valence-corrected chi connectivity index (χ3v) is 4.75. The lowest BCUT2D eigenvalue weighted by molar-refractivity contribution is 0.0735. The zero-order valence-electron chi connectivity index (χ0n) is 17.3. The Hall–Kier alpha value is -3.29. The highest BCUT2D eigenvalue weighted by Gasteiger charge is 2.23. The van der Waals surface area contributed by atoms with Crippen LogP contribution in [0.25, 0.3) is 22.2 Å². The van der Waals surface area contributed by atoms with Gasteiger partial charge >= 0.3 is 0 Å². The SMILES string of the molecule is CCCN(CC)C(=O)c1cc2c(=O)n(C)nc(-c3ccc(OC)c(OC)c3)c2o1.